The Morgan fingerprint density at radius 2 is 1.61 bits per heavy atom. The van der Waals surface area contributed by atoms with Gasteiger partial charge in [-0.2, -0.15) is 0 Å². The molecule has 4 rings (SSSR count). The van der Waals surface area contributed by atoms with Gasteiger partial charge in [-0.1, -0.05) is 25.1 Å². The van der Waals surface area contributed by atoms with Crippen molar-refractivity contribution in [1.29, 1.82) is 0 Å². The van der Waals surface area contributed by atoms with Gasteiger partial charge in [-0.3, -0.25) is 19.8 Å². The molecule has 2 aromatic carbocycles. The Hall–Kier alpha value is -3.03. The van der Waals surface area contributed by atoms with Gasteiger partial charge in [0.1, 0.15) is 0 Å². The van der Waals surface area contributed by atoms with Crippen molar-refractivity contribution in [3.05, 3.63) is 76.8 Å². The maximum atomic E-state index is 12.6. The number of aromatic nitrogens is 1. The van der Waals surface area contributed by atoms with Crippen LogP contribution in [0.15, 0.2) is 60.0 Å². The Bertz CT molecular complexity index is 1030. The second kappa shape index (κ2) is 9.85. The zero-order valence-electron chi connectivity index (χ0n) is 17.5. The van der Waals surface area contributed by atoms with Crippen molar-refractivity contribution in [2.24, 2.45) is 5.92 Å². The summed E-state index contributed by atoms with van der Waals surface area (Å²) in [5, 5.41) is 8.32. The Balaban J connectivity index is 1.31. The third-order valence-corrected chi connectivity index (χ3v) is 6.28. The molecule has 3 aromatic rings. The average molecular weight is 435 g/mol. The first-order valence-electron chi connectivity index (χ1n) is 10.5. The molecule has 2 N–H and O–H groups in total. The van der Waals surface area contributed by atoms with Crippen LogP contribution in [0, 0.1) is 5.92 Å². The summed E-state index contributed by atoms with van der Waals surface area (Å²) in [6, 6.07) is 15.8. The molecule has 0 saturated carbocycles. The van der Waals surface area contributed by atoms with Crippen LogP contribution in [0.5, 0.6) is 0 Å². The fourth-order valence-electron chi connectivity index (χ4n) is 3.55. The third kappa shape index (κ3) is 5.77. The molecule has 1 saturated heterocycles. The number of benzene rings is 2. The van der Waals surface area contributed by atoms with E-state index in [1.807, 2.05) is 23.6 Å². The normalized spacial score (nSPS) is 14.9. The van der Waals surface area contributed by atoms with Gasteiger partial charge in [0.15, 0.2) is 5.13 Å². The van der Waals surface area contributed by atoms with Crippen LogP contribution in [0.2, 0.25) is 0 Å². The second-order valence-electron chi connectivity index (χ2n) is 7.95. The summed E-state index contributed by atoms with van der Waals surface area (Å²) >= 11 is 1.44. The molecule has 1 aliphatic heterocycles. The summed E-state index contributed by atoms with van der Waals surface area (Å²) in [6.07, 6.45) is 2.46. The summed E-state index contributed by atoms with van der Waals surface area (Å²) in [7, 11) is 0. The van der Waals surface area contributed by atoms with E-state index in [1.165, 1.54) is 24.2 Å². The number of thiazole rings is 1. The maximum absolute atomic E-state index is 12.6. The fraction of sp³-hybridized carbons (Fsp3) is 0.292. The van der Waals surface area contributed by atoms with Crippen LogP contribution in [-0.2, 0) is 6.54 Å². The van der Waals surface area contributed by atoms with Crippen LogP contribution < -0.4 is 10.6 Å². The summed E-state index contributed by atoms with van der Waals surface area (Å²) in [4.78, 5) is 31.8. The predicted octanol–water partition coefficient (Wildman–Crippen LogP) is 4.88. The molecule has 6 nitrogen and oxygen atoms in total. The van der Waals surface area contributed by atoms with E-state index in [4.69, 9.17) is 0 Å². The lowest BCUT2D eigenvalue weighted by atomic mass is 9.99. The highest BCUT2D eigenvalue weighted by Gasteiger charge is 2.17. The van der Waals surface area contributed by atoms with E-state index in [1.54, 1.807) is 36.4 Å². The van der Waals surface area contributed by atoms with Gasteiger partial charge < -0.3 is 5.32 Å². The number of hydrogen-bond donors (Lipinski definition) is 2. The van der Waals surface area contributed by atoms with Gasteiger partial charge in [0.25, 0.3) is 11.8 Å². The van der Waals surface area contributed by atoms with Crippen molar-refractivity contribution < 1.29 is 9.59 Å². The summed E-state index contributed by atoms with van der Waals surface area (Å²) in [5.41, 5.74) is 2.73. The minimum absolute atomic E-state index is 0.184. The van der Waals surface area contributed by atoms with Crippen LogP contribution in [0.3, 0.4) is 0 Å². The molecule has 0 spiro atoms. The number of likely N-dealkylation sites (tertiary alicyclic amines) is 1. The smallest absolute Gasteiger partial charge is 0.257 e. The number of nitrogens with one attached hydrogen (secondary N) is 2. The Morgan fingerprint density at radius 1 is 0.968 bits per heavy atom. The van der Waals surface area contributed by atoms with Gasteiger partial charge in [-0.05, 0) is 68.2 Å². The number of rotatable bonds is 6. The van der Waals surface area contributed by atoms with E-state index in [0.29, 0.717) is 21.9 Å². The lowest BCUT2D eigenvalue weighted by Gasteiger charge is -2.29. The Kier molecular flexibility index (Phi) is 6.74. The zero-order chi connectivity index (χ0) is 21.6. The largest absolute Gasteiger partial charge is 0.322 e. The molecule has 0 radical (unpaired) electrons. The first-order valence-corrected chi connectivity index (χ1v) is 11.4. The third-order valence-electron chi connectivity index (χ3n) is 5.48. The van der Waals surface area contributed by atoms with Crippen molar-refractivity contribution in [2.45, 2.75) is 26.3 Å². The minimum Gasteiger partial charge on any atom is -0.322 e. The van der Waals surface area contributed by atoms with Crippen molar-refractivity contribution in [3.63, 3.8) is 0 Å². The van der Waals surface area contributed by atoms with E-state index in [2.05, 4.69) is 27.4 Å². The van der Waals surface area contributed by atoms with Crippen molar-refractivity contribution in [2.75, 3.05) is 23.7 Å². The highest BCUT2D eigenvalue weighted by atomic mass is 32.1. The number of piperidine rings is 1. The summed E-state index contributed by atoms with van der Waals surface area (Å²) in [5.74, 6) is 0.407. The number of hydrogen-bond acceptors (Lipinski definition) is 5. The summed E-state index contributed by atoms with van der Waals surface area (Å²) < 4.78 is 0. The zero-order valence-corrected chi connectivity index (χ0v) is 18.3. The van der Waals surface area contributed by atoms with Gasteiger partial charge in [0.05, 0.1) is 5.69 Å². The van der Waals surface area contributed by atoms with Crippen LogP contribution >= 0.6 is 11.3 Å². The molecular formula is C24H26N4O2S. The van der Waals surface area contributed by atoms with E-state index < -0.39 is 0 Å². The molecule has 0 atom stereocenters. The lowest BCUT2D eigenvalue weighted by Crippen LogP contribution is -2.32. The van der Waals surface area contributed by atoms with Crippen molar-refractivity contribution >= 4 is 34.0 Å². The molecule has 160 valence electrons. The van der Waals surface area contributed by atoms with Crippen LogP contribution in [0.25, 0.3) is 0 Å². The van der Waals surface area contributed by atoms with Gasteiger partial charge in [-0.25, -0.2) is 4.98 Å². The van der Waals surface area contributed by atoms with E-state index in [9.17, 15) is 9.59 Å². The molecular weight excluding hydrogens is 408 g/mol. The molecule has 1 aromatic heterocycles. The Labute approximate surface area is 186 Å². The van der Waals surface area contributed by atoms with E-state index in [0.717, 1.165) is 31.2 Å². The second-order valence-corrected chi connectivity index (χ2v) is 8.81. The number of carbonyl (C=O) groups is 2. The average Bonchev–Trinajstić information content (AvgIpc) is 3.23. The maximum Gasteiger partial charge on any atom is 0.257 e. The molecule has 2 heterocycles. The number of carbonyl (C=O) groups excluding carboxylic acids is 2. The SMILES string of the molecule is CC1CCN(Cc2csc(NC(=O)c3ccc(NC(=O)c4ccccc4)cc3)n2)CC1. The first-order chi connectivity index (χ1) is 15.1. The molecule has 2 amide bonds. The van der Waals surface area contributed by atoms with E-state index >= 15 is 0 Å². The molecule has 0 aliphatic carbocycles. The van der Waals surface area contributed by atoms with Gasteiger partial charge in [0, 0.05) is 28.7 Å². The van der Waals surface area contributed by atoms with Gasteiger partial charge in [-0.15, -0.1) is 11.3 Å². The molecule has 0 unspecified atom stereocenters. The fourth-order valence-corrected chi connectivity index (χ4v) is 4.25. The van der Waals surface area contributed by atoms with Crippen molar-refractivity contribution in [1.82, 2.24) is 9.88 Å². The van der Waals surface area contributed by atoms with Gasteiger partial charge >= 0.3 is 0 Å². The monoisotopic (exact) mass is 434 g/mol. The molecule has 31 heavy (non-hydrogen) atoms. The lowest BCUT2D eigenvalue weighted by molar-refractivity contribution is 0.102. The van der Waals surface area contributed by atoms with Gasteiger partial charge in [0.2, 0.25) is 0 Å². The topological polar surface area (TPSA) is 74.3 Å². The van der Waals surface area contributed by atoms with Crippen LogP contribution in [0.4, 0.5) is 10.8 Å². The highest BCUT2D eigenvalue weighted by Crippen LogP contribution is 2.21. The van der Waals surface area contributed by atoms with Crippen LogP contribution in [0.1, 0.15) is 46.2 Å². The number of nitrogens with zero attached hydrogens (tertiary/aromatic N) is 2. The number of anilines is 2. The molecule has 7 heteroatoms. The van der Waals surface area contributed by atoms with Crippen LogP contribution in [-0.4, -0.2) is 34.8 Å². The molecule has 1 fully saturated rings. The Morgan fingerprint density at radius 3 is 2.32 bits per heavy atom. The highest BCUT2D eigenvalue weighted by molar-refractivity contribution is 7.14. The number of amides is 2. The first kappa shape index (κ1) is 21.2. The quantitative estimate of drug-likeness (QED) is 0.580. The van der Waals surface area contributed by atoms with Crippen molar-refractivity contribution in [3.8, 4) is 0 Å². The summed E-state index contributed by atoms with van der Waals surface area (Å²) in [6.45, 7) is 5.34. The van der Waals surface area contributed by atoms with E-state index in [-0.39, 0.29) is 11.8 Å². The minimum atomic E-state index is -0.214. The standard InChI is InChI=1S/C24H26N4O2S/c1-17-11-13-28(14-12-17)15-21-16-31-24(26-21)27-23(30)19-7-9-20(10-8-19)25-22(29)18-5-3-2-4-6-18/h2-10,16-17H,11-15H2,1H3,(H,25,29)(H,26,27,30). The molecule has 1 aliphatic rings. The predicted molar refractivity (Wildman–Crippen MR) is 125 cm³/mol. The molecule has 0 bridgehead atoms.